The predicted octanol–water partition coefficient (Wildman–Crippen LogP) is 2.18. The van der Waals surface area contributed by atoms with E-state index in [0.717, 1.165) is 30.2 Å². The van der Waals surface area contributed by atoms with Crippen LogP contribution in [-0.4, -0.2) is 44.7 Å². The normalized spacial score (nSPS) is 18.6. The second-order valence-electron chi connectivity index (χ2n) is 6.10. The van der Waals surface area contributed by atoms with Gasteiger partial charge in [0.2, 0.25) is 0 Å². The quantitative estimate of drug-likeness (QED) is 0.569. The number of hydrogen-bond acceptors (Lipinski definition) is 4. The van der Waals surface area contributed by atoms with Gasteiger partial charge in [-0.1, -0.05) is 24.3 Å². The summed E-state index contributed by atoms with van der Waals surface area (Å²) < 4.78 is 22.6. The van der Waals surface area contributed by atoms with Crippen molar-refractivity contribution in [3.05, 3.63) is 35.4 Å². The fourth-order valence-electron chi connectivity index (χ4n) is 2.57. The van der Waals surface area contributed by atoms with Crippen LogP contribution >= 0.6 is 11.8 Å². The first-order valence-electron chi connectivity index (χ1n) is 8.35. The Morgan fingerprint density at radius 3 is 2.54 bits per heavy atom. The maximum atomic E-state index is 11.3. The van der Waals surface area contributed by atoms with E-state index in [1.54, 1.807) is 0 Å². The topological polar surface area (TPSA) is 70.6 Å². The van der Waals surface area contributed by atoms with Crippen molar-refractivity contribution >= 4 is 27.6 Å². The molecule has 134 valence electrons. The highest BCUT2D eigenvalue weighted by Gasteiger charge is 2.15. The van der Waals surface area contributed by atoms with Crippen LogP contribution in [0.4, 0.5) is 0 Å². The number of guanidine groups is 1. The Kier molecular flexibility index (Phi) is 7.42. The van der Waals surface area contributed by atoms with Crippen LogP contribution in [0.25, 0.3) is 0 Å². The Morgan fingerprint density at radius 1 is 1.25 bits per heavy atom. The van der Waals surface area contributed by atoms with Crippen molar-refractivity contribution in [2.75, 3.05) is 25.1 Å². The molecule has 1 unspecified atom stereocenters. The molecule has 0 radical (unpaired) electrons. The Balaban J connectivity index is 1.89. The average Bonchev–Trinajstić information content (AvgIpc) is 3.03. The molecule has 0 bridgehead atoms. The third kappa shape index (κ3) is 7.13. The van der Waals surface area contributed by atoms with Crippen molar-refractivity contribution in [1.82, 2.24) is 10.6 Å². The van der Waals surface area contributed by atoms with Crippen molar-refractivity contribution in [1.29, 1.82) is 0 Å². The second kappa shape index (κ2) is 9.32. The first-order chi connectivity index (χ1) is 11.5. The first kappa shape index (κ1) is 19.1. The average molecular weight is 370 g/mol. The lowest BCUT2D eigenvalue weighted by molar-refractivity contribution is 0.601. The molecule has 1 fully saturated rings. The smallest absolute Gasteiger partial charge is 0.191 e. The number of sulfone groups is 1. The molecule has 24 heavy (non-hydrogen) atoms. The van der Waals surface area contributed by atoms with Gasteiger partial charge in [-0.2, -0.15) is 11.8 Å². The summed E-state index contributed by atoms with van der Waals surface area (Å²) in [7, 11) is -2.99. The zero-order chi connectivity index (χ0) is 17.4. The molecule has 0 saturated carbocycles. The Bertz CT molecular complexity index is 636. The van der Waals surface area contributed by atoms with E-state index in [-0.39, 0.29) is 5.75 Å². The van der Waals surface area contributed by atoms with E-state index in [9.17, 15) is 8.42 Å². The van der Waals surface area contributed by atoms with Gasteiger partial charge in [0.25, 0.3) is 0 Å². The molecule has 7 heteroatoms. The van der Waals surface area contributed by atoms with Crippen LogP contribution in [0.15, 0.2) is 29.3 Å². The van der Waals surface area contributed by atoms with Gasteiger partial charge >= 0.3 is 0 Å². The monoisotopic (exact) mass is 369 g/mol. The Hall–Kier alpha value is -1.21. The van der Waals surface area contributed by atoms with Crippen molar-refractivity contribution in [3.63, 3.8) is 0 Å². The highest BCUT2D eigenvalue weighted by Crippen LogP contribution is 2.25. The van der Waals surface area contributed by atoms with Crippen LogP contribution in [0.2, 0.25) is 0 Å². The zero-order valence-electron chi connectivity index (χ0n) is 14.4. The summed E-state index contributed by atoms with van der Waals surface area (Å²) in [6.07, 6.45) is 3.84. The third-order valence-corrected chi connectivity index (χ3v) is 5.99. The van der Waals surface area contributed by atoms with Crippen LogP contribution in [0, 0.1) is 0 Å². The Labute approximate surface area is 149 Å². The SMILES string of the molecule is CCNC(=NCc1ccc(CS(C)(=O)=O)cc1)NCC1CCCS1. The molecule has 1 aromatic carbocycles. The summed E-state index contributed by atoms with van der Waals surface area (Å²) >= 11 is 2.03. The molecule has 5 nitrogen and oxygen atoms in total. The highest BCUT2D eigenvalue weighted by molar-refractivity contribution is 8.00. The molecule has 0 amide bonds. The van der Waals surface area contributed by atoms with Crippen LogP contribution in [0.5, 0.6) is 0 Å². The molecule has 0 spiro atoms. The van der Waals surface area contributed by atoms with Crippen molar-refractivity contribution in [2.45, 2.75) is 37.3 Å². The number of rotatable bonds is 7. The van der Waals surface area contributed by atoms with Gasteiger partial charge in [-0.15, -0.1) is 0 Å². The zero-order valence-corrected chi connectivity index (χ0v) is 16.0. The standard InChI is InChI=1S/C17H27N3O2S2/c1-3-18-17(20-12-16-5-4-10-23-16)19-11-14-6-8-15(9-7-14)13-24(2,21)22/h6-9,16H,3-5,10-13H2,1-2H3,(H2,18,19,20). The summed E-state index contributed by atoms with van der Waals surface area (Å²) in [6, 6.07) is 7.61. The van der Waals surface area contributed by atoms with Crippen molar-refractivity contribution in [2.24, 2.45) is 4.99 Å². The van der Waals surface area contributed by atoms with E-state index in [1.807, 2.05) is 36.0 Å². The fourth-order valence-corrected chi connectivity index (χ4v) is 4.57. The molecular formula is C17H27N3O2S2. The lowest BCUT2D eigenvalue weighted by Crippen LogP contribution is -2.40. The highest BCUT2D eigenvalue weighted by atomic mass is 32.2. The minimum Gasteiger partial charge on any atom is -0.357 e. The van der Waals surface area contributed by atoms with E-state index < -0.39 is 9.84 Å². The van der Waals surface area contributed by atoms with Gasteiger partial charge in [0.1, 0.15) is 0 Å². The number of nitrogens with zero attached hydrogens (tertiary/aromatic N) is 1. The van der Waals surface area contributed by atoms with E-state index in [0.29, 0.717) is 11.8 Å². The molecule has 1 aromatic rings. The van der Waals surface area contributed by atoms with Gasteiger partial charge < -0.3 is 10.6 Å². The number of nitrogens with one attached hydrogen (secondary N) is 2. The number of thioether (sulfide) groups is 1. The number of benzene rings is 1. The minimum absolute atomic E-state index is 0.0831. The summed E-state index contributed by atoms with van der Waals surface area (Å²) in [5.74, 6) is 2.19. The molecule has 0 aromatic heterocycles. The molecule has 1 saturated heterocycles. The first-order valence-corrected chi connectivity index (χ1v) is 11.5. The maximum Gasteiger partial charge on any atom is 0.191 e. The van der Waals surface area contributed by atoms with Gasteiger partial charge in [-0.25, -0.2) is 13.4 Å². The molecule has 1 aliphatic rings. The predicted molar refractivity (Wildman–Crippen MR) is 103 cm³/mol. The van der Waals surface area contributed by atoms with Crippen LogP contribution in [0.1, 0.15) is 30.9 Å². The van der Waals surface area contributed by atoms with Gasteiger partial charge in [-0.05, 0) is 36.6 Å². The third-order valence-electron chi connectivity index (χ3n) is 3.74. The van der Waals surface area contributed by atoms with Gasteiger partial charge in [0.15, 0.2) is 15.8 Å². The van der Waals surface area contributed by atoms with Crippen molar-refractivity contribution in [3.8, 4) is 0 Å². The second-order valence-corrected chi connectivity index (χ2v) is 9.65. The summed E-state index contributed by atoms with van der Waals surface area (Å²) in [6.45, 7) is 4.41. The van der Waals surface area contributed by atoms with Gasteiger partial charge in [-0.3, -0.25) is 0 Å². The molecule has 1 atom stereocenters. The van der Waals surface area contributed by atoms with E-state index >= 15 is 0 Å². The molecule has 0 aliphatic carbocycles. The van der Waals surface area contributed by atoms with Crippen LogP contribution in [-0.2, 0) is 22.1 Å². The fraction of sp³-hybridized carbons (Fsp3) is 0.588. The number of aliphatic imine (C=N–C) groups is 1. The van der Waals surface area contributed by atoms with Gasteiger partial charge in [0, 0.05) is 24.6 Å². The molecule has 2 N–H and O–H groups in total. The van der Waals surface area contributed by atoms with Gasteiger partial charge in [0.05, 0.1) is 12.3 Å². The van der Waals surface area contributed by atoms with E-state index in [1.165, 1.54) is 24.9 Å². The molecule has 2 rings (SSSR count). The summed E-state index contributed by atoms with van der Waals surface area (Å²) in [5.41, 5.74) is 1.88. The lowest BCUT2D eigenvalue weighted by atomic mass is 10.1. The lowest BCUT2D eigenvalue weighted by Gasteiger charge is -2.14. The van der Waals surface area contributed by atoms with Crippen molar-refractivity contribution < 1.29 is 8.42 Å². The van der Waals surface area contributed by atoms with Crippen LogP contribution in [0.3, 0.4) is 0 Å². The minimum atomic E-state index is -2.99. The van der Waals surface area contributed by atoms with E-state index in [4.69, 9.17) is 0 Å². The Morgan fingerprint density at radius 2 is 1.96 bits per heavy atom. The molecular weight excluding hydrogens is 342 g/mol. The largest absolute Gasteiger partial charge is 0.357 e. The molecule has 1 heterocycles. The van der Waals surface area contributed by atoms with Crippen LogP contribution < -0.4 is 10.6 Å². The summed E-state index contributed by atoms with van der Waals surface area (Å²) in [4.78, 5) is 4.62. The summed E-state index contributed by atoms with van der Waals surface area (Å²) in [5, 5.41) is 7.37. The van der Waals surface area contributed by atoms with E-state index in [2.05, 4.69) is 22.5 Å². The molecule has 1 aliphatic heterocycles. The maximum absolute atomic E-state index is 11.3. The number of hydrogen-bond donors (Lipinski definition) is 2.